The molecule has 0 bridgehead atoms. The molecule has 1 aliphatic rings. The summed E-state index contributed by atoms with van der Waals surface area (Å²) < 4.78 is 12.1. The third-order valence-corrected chi connectivity index (χ3v) is 7.30. The average Bonchev–Trinajstić information content (AvgIpc) is 3.22. The average molecular weight is 523 g/mol. The highest BCUT2D eigenvalue weighted by atomic mass is 32.2. The Bertz CT molecular complexity index is 1520. The number of benzene rings is 4. The first-order valence-electron chi connectivity index (χ1n) is 12.8. The number of amidine groups is 1. The van der Waals surface area contributed by atoms with Gasteiger partial charge in [0.1, 0.15) is 6.61 Å². The van der Waals surface area contributed by atoms with Gasteiger partial charge in [-0.3, -0.25) is 9.69 Å². The summed E-state index contributed by atoms with van der Waals surface area (Å²) in [7, 11) is 0. The highest BCUT2D eigenvalue weighted by Gasteiger charge is 2.32. The molecule has 0 N–H and O–H groups in total. The van der Waals surface area contributed by atoms with E-state index in [9.17, 15) is 4.79 Å². The fourth-order valence-corrected chi connectivity index (χ4v) is 5.39. The second-order valence-electron chi connectivity index (χ2n) is 8.96. The van der Waals surface area contributed by atoms with Gasteiger partial charge in [0.25, 0.3) is 5.91 Å². The molecule has 192 valence electrons. The first kappa shape index (κ1) is 25.6. The summed E-state index contributed by atoms with van der Waals surface area (Å²) in [5, 5.41) is 3.05. The van der Waals surface area contributed by atoms with Crippen LogP contribution in [-0.4, -0.2) is 29.1 Å². The second-order valence-corrected chi connectivity index (χ2v) is 9.97. The lowest BCUT2D eigenvalue weighted by Gasteiger charge is -2.14. The van der Waals surface area contributed by atoms with Gasteiger partial charge in [-0.15, -0.1) is 0 Å². The normalized spacial score (nSPS) is 15.6. The van der Waals surface area contributed by atoms with E-state index in [1.54, 1.807) is 4.90 Å². The Kier molecular flexibility index (Phi) is 7.80. The molecule has 0 atom stereocenters. The molecule has 0 unspecified atom stereocenters. The molecule has 0 radical (unpaired) electrons. The number of likely N-dealkylation sites (N-methyl/N-ethyl adjacent to an activating group) is 1. The van der Waals surface area contributed by atoms with Crippen LogP contribution in [0.25, 0.3) is 16.8 Å². The van der Waals surface area contributed by atoms with Crippen LogP contribution in [0, 0.1) is 6.92 Å². The number of amides is 1. The Morgan fingerprint density at radius 1 is 0.895 bits per heavy atom. The van der Waals surface area contributed by atoms with E-state index in [0.717, 1.165) is 16.8 Å². The van der Waals surface area contributed by atoms with E-state index in [1.807, 2.05) is 87.5 Å². The lowest BCUT2D eigenvalue weighted by Crippen LogP contribution is -2.28. The fraction of sp³-hybridized carbons (Fsp3) is 0.188. The number of carbonyl (C=O) groups excluding carboxylic acids is 1. The Balaban J connectivity index is 1.38. The predicted molar refractivity (Wildman–Crippen MR) is 157 cm³/mol. The predicted octanol–water partition coefficient (Wildman–Crippen LogP) is 7.75. The van der Waals surface area contributed by atoms with Crippen molar-refractivity contribution in [2.45, 2.75) is 27.4 Å². The summed E-state index contributed by atoms with van der Waals surface area (Å²) in [6, 6.07) is 28.3. The van der Waals surface area contributed by atoms with Gasteiger partial charge in [0.05, 0.1) is 17.2 Å². The molecule has 1 heterocycles. The molecular weight excluding hydrogens is 492 g/mol. The zero-order chi connectivity index (χ0) is 26.5. The smallest absolute Gasteiger partial charge is 0.266 e. The van der Waals surface area contributed by atoms with Crippen LogP contribution in [0.3, 0.4) is 0 Å². The Hall–Kier alpha value is -4.03. The van der Waals surface area contributed by atoms with E-state index in [4.69, 9.17) is 14.5 Å². The highest BCUT2D eigenvalue weighted by molar-refractivity contribution is 8.18. The number of hydrogen-bond donors (Lipinski definition) is 0. The Morgan fingerprint density at radius 3 is 2.47 bits per heavy atom. The number of aliphatic imine (C=N–C) groups is 1. The molecular formula is C32H30N2O3S. The van der Waals surface area contributed by atoms with E-state index in [1.165, 1.54) is 28.1 Å². The number of nitrogens with zero attached hydrogens (tertiary/aromatic N) is 2. The van der Waals surface area contributed by atoms with Crippen molar-refractivity contribution < 1.29 is 14.3 Å². The monoisotopic (exact) mass is 522 g/mol. The zero-order valence-electron chi connectivity index (χ0n) is 21.8. The molecule has 38 heavy (non-hydrogen) atoms. The largest absolute Gasteiger partial charge is 0.490 e. The SMILES string of the molecule is CCOc1cc(/C=C2/SC(=Nc3ccc(C)cc3)N(CC)C2=O)ccc1OCc1cccc2ccccc12. The minimum Gasteiger partial charge on any atom is -0.490 e. The number of fused-ring (bicyclic) bond motifs is 1. The number of carbonyl (C=O) groups is 1. The third-order valence-electron chi connectivity index (χ3n) is 6.29. The number of hydrogen-bond acceptors (Lipinski definition) is 5. The van der Waals surface area contributed by atoms with Gasteiger partial charge in [-0.1, -0.05) is 66.2 Å². The van der Waals surface area contributed by atoms with Gasteiger partial charge in [0.2, 0.25) is 0 Å². The van der Waals surface area contributed by atoms with Crippen LogP contribution in [-0.2, 0) is 11.4 Å². The van der Waals surface area contributed by atoms with Crippen LogP contribution in [0.1, 0.15) is 30.5 Å². The topological polar surface area (TPSA) is 51.1 Å². The van der Waals surface area contributed by atoms with Crippen molar-refractivity contribution in [3.8, 4) is 11.5 Å². The molecule has 5 rings (SSSR count). The standard InChI is InChI=1S/C32H30N2O3S/c1-4-34-31(35)30(38-32(34)33-26-16-13-22(3)14-17-26)20-23-15-18-28(29(19-23)36-5-2)37-21-25-11-8-10-24-9-6-7-12-27(24)25/h6-20H,4-5,21H2,1-3H3/b30-20+,33-32?. The molecule has 1 amide bonds. The van der Waals surface area contributed by atoms with E-state index >= 15 is 0 Å². The Morgan fingerprint density at radius 2 is 1.68 bits per heavy atom. The van der Waals surface area contributed by atoms with Gasteiger partial charge in [-0.2, -0.15) is 0 Å². The molecule has 1 fully saturated rings. The molecule has 1 aliphatic heterocycles. The van der Waals surface area contributed by atoms with Gasteiger partial charge >= 0.3 is 0 Å². The zero-order valence-corrected chi connectivity index (χ0v) is 22.6. The Labute approximate surface area is 227 Å². The van der Waals surface area contributed by atoms with Crippen molar-refractivity contribution in [1.82, 2.24) is 4.90 Å². The summed E-state index contributed by atoms with van der Waals surface area (Å²) in [5.41, 5.74) is 3.99. The summed E-state index contributed by atoms with van der Waals surface area (Å²) in [5.74, 6) is 1.28. The lowest BCUT2D eigenvalue weighted by atomic mass is 10.1. The van der Waals surface area contributed by atoms with Gasteiger partial charge in [-0.05, 0) is 84.8 Å². The van der Waals surface area contributed by atoms with Crippen molar-refractivity contribution in [3.05, 3.63) is 107 Å². The van der Waals surface area contributed by atoms with Crippen LogP contribution in [0.5, 0.6) is 11.5 Å². The van der Waals surface area contributed by atoms with Crippen molar-refractivity contribution in [3.63, 3.8) is 0 Å². The summed E-state index contributed by atoms with van der Waals surface area (Å²) in [6.07, 6.45) is 1.89. The maximum Gasteiger partial charge on any atom is 0.266 e. The van der Waals surface area contributed by atoms with Crippen LogP contribution in [0.15, 0.2) is 94.8 Å². The van der Waals surface area contributed by atoms with E-state index < -0.39 is 0 Å². The molecule has 1 saturated heterocycles. The number of thioether (sulfide) groups is 1. The maximum atomic E-state index is 13.1. The molecule has 6 heteroatoms. The minimum absolute atomic E-state index is 0.0439. The van der Waals surface area contributed by atoms with Gasteiger partial charge in [0.15, 0.2) is 16.7 Å². The van der Waals surface area contributed by atoms with Gasteiger partial charge in [-0.25, -0.2) is 4.99 Å². The van der Waals surface area contributed by atoms with Crippen molar-refractivity contribution in [2.24, 2.45) is 4.99 Å². The molecule has 4 aromatic carbocycles. The van der Waals surface area contributed by atoms with E-state index in [2.05, 4.69) is 24.3 Å². The van der Waals surface area contributed by atoms with Crippen LogP contribution in [0.4, 0.5) is 5.69 Å². The number of aryl methyl sites for hydroxylation is 1. The van der Waals surface area contributed by atoms with Crippen molar-refractivity contribution in [2.75, 3.05) is 13.2 Å². The summed E-state index contributed by atoms with van der Waals surface area (Å²) in [6.45, 7) is 7.44. The first-order valence-corrected chi connectivity index (χ1v) is 13.6. The van der Waals surface area contributed by atoms with E-state index in [0.29, 0.717) is 41.3 Å². The van der Waals surface area contributed by atoms with Crippen LogP contribution < -0.4 is 9.47 Å². The summed E-state index contributed by atoms with van der Waals surface area (Å²) in [4.78, 5) is 20.2. The quantitative estimate of drug-likeness (QED) is 0.222. The number of rotatable bonds is 8. The molecule has 0 aliphatic carbocycles. The maximum absolute atomic E-state index is 13.1. The molecule has 4 aromatic rings. The van der Waals surface area contributed by atoms with Gasteiger partial charge in [0, 0.05) is 6.54 Å². The molecule has 5 nitrogen and oxygen atoms in total. The van der Waals surface area contributed by atoms with E-state index in [-0.39, 0.29) is 5.91 Å². The first-order chi connectivity index (χ1) is 18.6. The fourth-order valence-electron chi connectivity index (χ4n) is 4.33. The minimum atomic E-state index is -0.0439. The molecule has 0 aromatic heterocycles. The molecule has 0 spiro atoms. The van der Waals surface area contributed by atoms with Crippen molar-refractivity contribution in [1.29, 1.82) is 0 Å². The number of ether oxygens (including phenoxy) is 2. The second kappa shape index (κ2) is 11.6. The highest BCUT2D eigenvalue weighted by Crippen LogP contribution is 2.36. The lowest BCUT2D eigenvalue weighted by molar-refractivity contribution is -0.122. The van der Waals surface area contributed by atoms with Crippen LogP contribution >= 0.6 is 11.8 Å². The van der Waals surface area contributed by atoms with Crippen molar-refractivity contribution >= 4 is 45.4 Å². The van der Waals surface area contributed by atoms with Gasteiger partial charge < -0.3 is 9.47 Å². The van der Waals surface area contributed by atoms with Crippen LogP contribution in [0.2, 0.25) is 0 Å². The summed E-state index contributed by atoms with van der Waals surface area (Å²) >= 11 is 1.39. The third kappa shape index (κ3) is 5.60. The molecule has 0 saturated carbocycles.